The van der Waals surface area contributed by atoms with Crippen molar-refractivity contribution in [1.29, 1.82) is 0 Å². The molecule has 0 radical (unpaired) electrons. The van der Waals surface area contributed by atoms with Gasteiger partial charge in [-0.15, -0.1) is 0 Å². The molecule has 146 valence electrons. The first kappa shape index (κ1) is 18.2. The summed E-state index contributed by atoms with van der Waals surface area (Å²) in [5.74, 6) is 0.752. The minimum Gasteiger partial charge on any atom is -0.454 e. The molecule has 2 amide bonds. The van der Waals surface area contributed by atoms with Crippen molar-refractivity contribution in [2.75, 3.05) is 19.9 Å². The van der Waals surface area contributed by atoms with Gasteiger partial charge in [0.1, 0.15) is 5.69 Å². The van der Waals surface area contributed by atoms with Crippen LogP contribution in [0.25, 0.3) is 0 Å². The number of pyridine rings is 1. The van der Waals surface area contributed by atoms with Crippen LogP contribution in [0.15, 0.2) is 36.5 Å². The first-order valence-electron chi connectivity index (χ1n) is 9.21. The zero-order chi connectivity index (χ0) is 19.3. The molecule has 1 aromatic heterocycles. The first-order chi connectivity index (χ1) is 13.7. The van der Waals surface area contributed by atoms with Crippen molar-refractivity contribution in [2.45, 2.75) is 25.5 Å². The largest absolute Gasteiger partial charge is 0.454 e. The predicted octanol–water partition coefficient (Wildman–Crippen LogP) is 1.65. The van der Waals surface area contributed by atoms with E-state index in [0.29, 0.717) is 30.2 Å². The van der Waals surface area contributed by atoms with Crippen molar-refractivity contribution >= 4 is 11.8 Å². The number of nitrogens with one attached hydrogen (secondary N) is 2. The standard InChI is InChI=1S/C20H21N3O5/c24-19(23-11-15-2-1-7-26-15)14-5-6-21-16(9-14)20(25)22-10-13-3-4-17-18(8-13)28-12-27-17/h3-6,8-9,15H,1-2,7,10-12H2,(H,22,25)(H,23,24). The number of rotatable bonds is 6. The lowest BCUT2D eigenvalue weighted by Crippen LogP contribution is -2.32. The molecule has 0 spiro atoms. The summed E-state index contributed by atoms with van der Waals surface area (Å²) in [6.07, 6.45) is 3.49. The number of benzene rings is 1. The average molecular weight is 383 g/mol. The zero-order valence-electron chi connectivity index (χ0n) is 15.3. The monoisotopic (exact) mass is 383 g/mol. The minimum absolute atomic E-state index is 0.0651. The summed E-state index contributed by atoms with van der Waals surface area (Å²) in [5.41, 5.74) is 1.45. The molecule has 1 fully saturated rings. The van der Waals surface area contributed by atoms with Gasteiger partial charge in [-0.3, -0.25) is 14.6 Å². The summed E-state index contributed by atoms with van der Waals surface area (Å²) >= 11 is 0. The van der Waals surface area contributed by atoms with Crippen LogP contribution < -0.4 is 20.1 Å². The van der Waals surface area contributed by atoms with E-state index in [9.17, 15) is 9.59 Å². The van der Waals surface area contributed by atoms with Gasteiger partial charge in [-0.2, -0.15) is 0 Å². The Hall–Kier alpha value is -3.13. The predicted molar refractivity (Wildman–Crippen MR) is 99.3 cm³/mol. The maximum absolute atomic E-state index is 12.4. The summed E-state index contributed by atoms with van der Waals surface area (Å²) in [6.45, 7) is 1.72. The van der Waals surface area contributed by atoms with E-state index in [2.05, 4.69) is 15.6 Å². The van der Waals surface area contributed by atoms with Crippen LogP contribution in [0.5, 0.6) is 11.5 Å². The molecule has 8 nitrogen and oxygen atoms in total. The molecule has 1 atom stereocenters. The Morgan fingerprint density at radius 1 is 1.07 bits per heavy atom. The lowest BCUT2D eigenvalue weighted by atomic mass is 10.1. The van der Waals surface area contributed by atoms with Crippen molar-refractivity contribution in [3.05, 3.63) is 53.3 Å². The van der Waals surface area contributed by atoms with Gasteiger partial charge in [0.25, 0.3) is 11.8 Å². The fourth-order valence-electron chi connectivity index (χ4n) is 3.13. The molecule has 1 saturated heterocycles. The number of hydrogen-bond acceptors (Lipinski definition) is 6. The van der Waals surface area contributed by atoms with Crippen LogP contribution in [-0.2, 0) is 11.3 Å². The smallest absolute Gasteiger partial charge is 0.270 e. The Kier molecular flexibility index (Phi) is 5.38. The number of hydrogen-bond donors (Lipinski definition) is 2. The molecule has 2 aliphatic heterocycles. The maximum atomic E-state index is 12.4. The van der Waals surface area contributed by atoms with Gasteiger partial charge in [-0.05, 0) is 42.7 Å². The van der Waals surface area contributed by atoms with E-state index in [-0.39, 0.29) is 30.4 Å². The molecule has 2 aliphatic rings. The molecule has 0 bridgehead atoms. The van der Waals surface area contributed by atoms with E-state index in [0.717, 1.165) is 25.0 Å². The van der Waals surface area contributed by atoms with E-state index in [4.69, 9.17) is 14.2 Å². The van der Waals surface area contributed by atoms with E-state index in [1.165, 1.54) is 12.3 Å². The number of amides is 2. The van der Waals surface area contributed by atoms with Gasteiger partial charge >= 0.3 is 0 Å². The summed E-state index contributed by atoms with van der Waals surface area (Å²) in [6, 6.07) is 8.56. The van der Waals surface area contributed by atoms with Crippen LogP contribution in [-0.4, -0.2) is 42.8 Å². The molecule has 28 heavy (non-hydrogen) atoms. The normalized spacial score (nSPS) is 17.4. The maximum Gasteiger partial charge on any atom is 0.270 e. The Morgan fingerprint density at radius 3 is 2.82 bits per heavy atom. The Labute approximate surface area is 162 Å². The lowest BCUT2D eigenvalue weighted by Gasteiger charge is -2.11. The summed E-state index contributed by atoms with van der Waals surface area (Å²) in [7, 11) is 0. The third kappa shape index (κ3) is 4.23. The minimum atomic E-state index is -0.355. The van der Waals surface area contributed by atoms with Gasteiger partial charge in [0, 0.05) is 31.5 Å². The van der Waals surface area contributed by atoms with Crippen molar-refractivity contribution < 1.29 is 23.8 Å². The van der Waals surface area contributed by atoms with Crippen molar-refractivity contribution in [2.24, 2.45) is 0 Å². The molecule has 2 aromatic rings. The van der Waals surface area contributed by atoms with Crippen LogP contribution in [0.1, 0.15) is 39.3 Å². The summed E-state index contributed by atoms with van der Waals surface area (Å²) < 4.78 is 16.1. The molecular formula is C20H21N3O5. The number of aromatic nitrogens is 1. The van der Waals surface area contributed by atoms with Crippen LogP contribution in [0.2, 0.25) is 0 Å². The highest BCUT2D eigenvalue weighted by atomic mass is 16.7. The molecule has 8 heteroatoms. The number of ether oxygens (including phenoxy) is 3. The summed E-state index contributed by atoms with van der Waals surface area (Å²) in [5, 5.41) is 5.64. The number of carbonyl (C=O) groups excluding carboxylic acids is 2. The SMILES string of the molecule is O=C(NCC1CCCO1)c1ccnc(C(=O)NCc2ccc3c(c2)OCO3)c1. The first-order valence-corrected chi connectivity index (χ1v) is 9.21. The summed E-state index contributed by atoms with van der Waals surface area (Å²) in [4.78, 5) is 28.8. The van der Waals surface area contributed by atoms with Gasteiger partial charge in [0.15, 0.2) is 11.5 Å². The van der Waals surface area contributed by atoms with Crippen LogP contribution >= 0.6 is 0 Å². The molecule has 3 heterocycles. The highest BCUT2D eigenvalue weighted by molar-refractivity contribution is 5.98. The van der Waals surface area contributed by atoms with Crippen LogP contribution in [0, 0.1) is 0 Å². The average Bonchev–Trinajstić information content (AvgIpc) is 3.41. The molecule has 2 N–H and O–H groups in total. The van der Waals surface area contributed by atoms with E-state index in [1.807, 2.05) is 12.1 Å². The number of nitrogens with zero attached hydrogens (tertiary/aromatic N) is 1. The van der Waals surface area contributed by atoms with Gasteiger partial charge < -0.3 is 24.8 Å². The molecule has 1 aromatic carbocycles. The highest BCUT2D eigenvalue weighted by Gasteiger charge is 2.18. The van der Waals surface area contributed by atoms with E-state index < -0.39 is 0 Å². The second kappa shape index (κ2) is 8.26. The fourth-order valence-corrected chi connectivity index (χ4v) is 3.13. The molecule has 0 saturated carbocycles. The topological polar surface area (TPSA) is 98.8 Å². The Balaban J connectivity index is 1.33. The van der Waals surface area contributed by atoms with E-state index >= 15 is 0 Å². The molecule has 0 aliphatic carbocycles. The van der Waals surface area contributed by atoms with Crippen molar-refractivity contribution in [3.8, 4) is 11.5 Å². The highest BCUT2D eigenvalue weighted by Crippen LogP contribution is 2.32. The van der Waals surface area contributed by atoms with E-state index in [1.54, 1.807) is 12.1 Å². The number of carbonyl (C=O) groups is 2. The molecule has 4 rings (SSSR count). The third-order valence-electron chi connectivity index (χ3n) is 4.66. The Morgan fingerprint density at radius 2 is 1.96 bits per heavy atom. The molecule has 1 unspecified atom stereocenters. The molecular weight excluding hydrogens is 362 g/mol. The van der Waals surface area contributed by atoms with Crippen LogP contribution in [0.3, 0.4) is 0 Å². The Bertz CT molecular complexity index is 880. The second-order valence-corrected chi connectivity index (χ2v) is 6.65. The fraction of sp³-hybridized carbons (Fsp3) is 0.350. The van der Waals surface area contributed by atoms with Gasteiger partial charge in [0.2, 0.25) is 6.79 Å². The van der Waals surface area contributed by atoms with Gasteiger partial charge in [-0.25, -0.2) is 0 Å². The number of fused-ring (bicyclic) bond motifs is 1. The van der Waals surface area contributed by atoms with Crippen molar-refractivity contribution in [1.82, 2.24) is 15.6 Å². The quantitative estimate of drug-likeness (QED) is 0.787. The lowest BCUT2D eigenvalue weighted by molar-refractivity contribution is 0.0857. The third-order valence-corrected chi connectivity index (χ3v) is 4.66. The van der Waals surface area contributed by atoms with Crippen molar-refractivity contribution in [3.63, 3.8) is 0 Å². The van der Waals surface area contributed by atoms with Crippen LogP contribution in [0.4, 0.5) is 0 Å². The second-order valence-electron chi connectivity index (χ2n) is 6.65. The zero-order valence-corrected chi connectivity index (χ0v) is 15.3. The van der Waals surface area contributed by atoms with Gasteiger partial charge in [-0.1, -0.05) is 6.07 Å². The van der Waals surface area contributed by atoms with Gasteiger partial charge in [0.05, 0.1) is 6.10 Å².